The Bertz CT molecular complexity index is 186. The number of carbonyl (C=O) groups excluding carboxylic acids is 2. The maximum atomic E-state index is 10.7. The molecule has 0 rings (SSSR count). The predicted octanol–water partition coefficient (Wildman–Crippen LogP) is -0.0189. The lowest BCUT2D eigenvalue weighted by molar-refractivity contribution is -0.141. The number of hydrogen-bond acceptors (Lipinski definition) is 4. The molecule has 0 atom stereocenters. The van der Waals surface area contributed by atoms with Gasteiger partial charge >= 0.3 is 5.97 Å². The lowest BCUT2D eigenvalue weighted by atomic mass is 10.2. The van der Waals surface area contributed by atoms with Crippen LogP contribution in [0.25, 0.3) is 0 Å². The molecule has 0 heterocycles. The topological polar surface area (TPSA) is 69.4 Å². The molecule has 0 aromatic carbocycles. The number of ether oxygens (including phenoxy) is 1. The summed E-state index contributed by atoms with van der Waals surface area (Å²) in [5.41, 5.74) is 5.05. The van der Waals surface area contributed by atoms with Gasteiger partial charge in [0.2, 0.25) is 0 Å². The van der Waals surface area contributed by atoms with Gasteiger partial charge in [-0.15, -0.1) is 0 Å². The summed E-state index contributed by atoms with van der Waals surface area (Å²) in [5, 5.41) is 0. The SMILES string of the molecule is C=C(N)C(=O)CCC(=O)OC. The van der Waals surface area contributed by atoms with E-state index in [-0.39, 0.29) is 24.3 Å². The molecule has 4 nitrogen and oxygen atoms in total. The number of carbonyl (C=O) groups is 2. The van der Waals surface area contributed by atoms with Crippen molar-refractivity contribution in [2.75, 3.05) is 7.11 Å². The van der Waals surface area contributed by atoms with Crippen LogP contribution < -0.4 is 5.73 Å². The van der Waals surface area contributed by atoms with Crippen molar-refractivity contribution in [2.24, 2.45) is 5.73 Å². The number of allylic oxidation sites excluding steroid dienone is 1. The second kappa shape index (κ2) is 4.49. The Labute approximate surface area is 65.0 Å². The summed E-state index contributed by atoms with van der Waals surface area (Å²) in [5.74, 6) is -0.727. The molecule has 0 fully saturated rings. The molecule has 62 valence electrons. The summed E-state index contributed by atoms with van der Waals surface area (Å²) in [6.45, 7) is 3.23. The fraction of sp³-hybridized carbons (Fsp3) is 0.429. The molecule has 0 saturated carbocycles. The Morgan fingerprint density at radius 3 is 2.36 bits per heavy atom. The van der Waals surface area contributed by atoms with Crippen molar-refractivity contribution in [2.45, 2.75) is 12.8 Å². The minimum Gasteiger partial charge on any atom is -0.469 e. The second-order valence-electron chi connectivity index (χ2n) is 2.02. The molecule has 0 spiro atoms. The van der Waals surface area contributed by atoms with Crippen LogP contribution in [0.15, 0.2) is 12.3 Å². The summed E-state index contributed by atoms with van der Waals surface area (Å²) in [4.78, 5) is 21.2. The van der Waals surface area contributed by atoms with Gasteiger partial charge in [0.05, 0.1) is 19.2 Å². The number of esters is 1. The Morgan fingerprint density at radius 2 is 2.00 bits per heavy atom. The van der Waals surface area contributed by atoms with Gasteiger partial charge in [0.15, 0.2) is 5.78 Å². The van der Waals surface area contributed by atoms with Gasteiger partial charge in [0.25, 0.3) is 0 Å². The molecule has 0 radical (unpaired) electrons. The number of methoxy groups -OCH3 is 1. The van der Waals surface area contributed by atoms with Gasteiger partial charge in [0, 0.05) is 6.42 Å². The van der Waals surface area contributed by atoms with E-state index in [2.05, 4.69) is 11.3 Å². The van der Waals surface area contributed by atoms with Crippen molar-refractivity contribution in [3.63, 3.8) is 0 Å². The zero-order chi connectivity index (χ0) is 8.85. The molecule has 2 N–H and O–H groups in total. The van der Waals surface area contributed by atoms with E-state index in [1.165, 1.54) is 7.11 Å². The monoisotopic (exact) mass is 157 g/mol. The predicted molar refractivity (Wildman–Crippen MR) is 39.6 cm³/mol. The Morgan fingerprint density at radius 1 is 1.45 bits per heavy atom. The molecule has 0 saturated heterocycles. The largest absolute Gasteiger partial charge is 0.469 e. The van der Waals surface area contributed by atoms with Crippen molar-refractivity contribution in [3.05, 3.63) is 12.3 Å². The van der Waals surface area contributed by atoms with Crippen LogP contribution in [0.2, 0.25) is 0 Å². The van der Waals surface area contributed by atoms with E-state index in [9.17, 15) is 9.59 Å². The third-order valence-electron chi connectivity index (χ3n) is 1.14. The highest BCUT2D eigenvalue weighted by Crippen LogP contribution is 1.96. The summed E-state index contributed by atoms with van der Waals surface area (Å²) in [6.07, 6.45) is 0.132. The summed E-state index contributed by atoms with van der Waals surface area (Å²) in [6, 6.07) is 0. The first-order valence-corrected chi connectivity index (χ1v) is 3.12. The smallest absolute Gasteiger partial charge is 0.305 e. The number of nitrogens with two attached hydrogens (primary N) is 1. The van der Waals surface area contributed by atoms with Crippen LogP contribution in [-0.4, -0.2) is 18.9 Å². The molecule has 0 bridgehead atoms. The number of rotatable bonds is 4. The van der Waals surface area contributed by atoms with E-state index in [1.807, 2.05) is 0 Å². The average molecular weight is 157 g/mol. The third-order valence-corrected chi connectivity index (χ3v) is 1.14. The zero-order valence-corrected chi connectivity index (χ0v) is 6.42. The Hall–Kier alpha value is -1.32. The van der Waals surface area contributed by atoms with Gasteiger partial charge in [-0.05, 0) is 0 Å². The molecule has 0 unspecified atom stereocenters. The van der Waals surface area contributed by atoms with E-state index < -0.39 is 5.97 Å². The van der Waals surface area contributed by atoms with Gasteiger partial charge in [-0.3, -0.25) is 9.59 Å². The van der Waals surface area contributed by atoms with Gasteiger partial charge in [-0.1, -0.05) is 6.58 Å². The minimum absolute atomic E-state index is 0.0195. The fourth-order valence-electron chi connectivity index (χ4n) is 0.478. The zero-order valence-electron chi connectivity index (χ0n) is 6.42. The molecular formula is C7H11NO3. The molecule has 0 amide bonds. The Balaban J connectivity index is 3.63. The second-order valence-corrected chi connectivity index (χ2v) is 2.02. The standard InChI is InChI=1S/C7H11NO3/c1-5(8)6(9)3-4-7(10)11-2/h1,3-4,8H2,2H3. The van der Waals surface area contributed by atoms with Crippen molar-refractivity contribution < 1.29 is 14.3 Å². The molecule has 0 aliphatic heterocycles. The van der Waals surface area contributed by atoms with Crippen molar-refractivity contribution >= 4 is 11.8 Å². The molecule has 0 aromatic heterocycles. The number of hydrogen-bond donors (Lipinski definition) is 1. The van der Waals surface area contributed by atoms with E-state index in [4.69, 9.17) is 5.73 Å². The fourth-order valence-corrected chi connectivity index (χ4v) is 0.478. The Kier molecular flexibility index (Phi) is 3.95. The van der Waals surface area contributed by atoms with Crippen molar-refractivity contribution in [3.8, 4) is 0 Å². The highest BCUT2D eigenvalue weighted by atomic mass is 16.5. The number of ketones is 1. The van der Waals surface area contributed by atoms with Crippen molar-refractivity contribution in [1.29, 1.82) is 0 Å². The third kappa shape index (κ3) is 4.13. The first kappa shape index (κ1) is 9.68. The molecule has 11 heavy (non-hydrogen) atoms. The van der Waals surface area contributed by atoms with E-state index in [0.29, 0.717) is 0 Å². The molecule has 4 heteroatoms. The van der Waals surface area contributed by atoms with E-state index in [1.54, 1.807) is 0 Å². The summed E-state index contributed by atoms with van der Waals surface area (Å²) >= 11 is 0. The summed E-state index contributed by atoms with van der Waals surface area (Å²) < 4.78 is 4.32. The molecule has 0 aliphatic rings. The van der Waals surface area contributed by atoms with Gasteiger partial charge < -0.3 is 10.5 Å². The first-order valence-electron chi connectivity index (χ1n) is 3.12. The maximum absolute atomic E-state index is 10.7. The van der Waals surface area contributed by atoms with Crippen molar-refractivity contribution in [1.82, 2.24) is 0 Å². The van der Waals surface area contributed by atoms with E-state index >= 15 is 0 Å². The van der Waals surface area contributed by atoms with Crippen LogP contribution in [0.1, 0.15) is 12.8 Å². The quantitative estimate of drug-likeness (QED) is 0.460. The van der Waals surface area contributed by atoms with Crippen LogP contribution in [0, 0.1) is 0 Å². The normalized spacial score (nSPS) is 8.82. The minimum atomic E-state index is -0.417. The van der Waals surface area contributed by atoms with Crippen LogP contribution in [0.4, 0.5) is 0 Å². The van der Waals surface area contributed by atoms with E-state index in [0.717, 1.165) is 0 Å². The lowest BCUT2D eigenvalue weighted by Gasteiger charge is -1.97. The molecule has 0 aliphatic carbocycles. The maximum Gasteiger partial charge on any atom is 0.305 e. The van der Waals surface area contributed by atoms with Gasteiger partial charge in [0.1, 0.15) is 0 Å². The van der Waals surface area contributed by atoms with Crippen LogP contribution in [0.5, 0.6) is 0 Å². The van der Waals surface area contributed by atoms with Crippen LogP contribution in [-0.2, 0) is 14.3 Å². The van der Waals surface area contributed by atoms with Crippen LogP contribution >= 0.6 is 0 Å². The van der Waals surface area contributed by atoms with Gasteiger partial charge in [-0.25, -0.2) is 0 Å². The van der Waals surface area contributed by atoms with Gasteiger partial charge in [-0.2, -0.15) is 0 Å². The molecular weight excluding hydrogens is 146 g/mol. The first-order chi connectivity index (χ1) is 5.07. The summed E-state index contributed by atoms with van der Waals surface area (Å²) in [7, 11) is 1.27. The number of Topliss-reactive ketones (excluding diaryl/α,β-unsaturated/α-hetero) is 1. The van der Waals surface area contributed by atoms with Crippen LogP contribution in [0.3, 0.4) is 0 Å². The average Bonchev–Trinajstić information content (AvgIpc) is 1.99. The highest BCUT2D eigenvalue weighted by Gasteiger charge is 2.06. The molecule has 0 aromatic rings. The highest BCUT2D eigenvalue weighted by molar-refractivity contribution is 5.95. The lowest BCUT2D eigenvalue weighted by Crippen LogP contribution is -2.12.